The van der Waals surface area contributed by atoms with Crippen LogP contribution in [-0.4, -0.2) is 37.2 Å². The smallest absolute Gasteiger partial charge is 0.426 e. The number of benzene rings is 1. The van der Waals surface area contributed by atoms with Crippen LogP contribution >= 0.6 is 0 Å². The van der Waals surface area contributed by atoms with E-state index in [0.717, 1.165) is 18.6 Å². The van der Waals surface area contributed by atoms with Crippen LogP contribution < -0.4 is 4.74 Å². The number of sulfone groups is 2. The van der Waals surface area contributed by atoms with E-state index in [1.54, 1.807) is 20.8 Å². The van der Waals surface area contributed by atoms with Crippen molar-refractivity contribution < 1.29 is 31.2 Å². The summed E-state index contributed by atoms with van der Waals surface area (Å²) in [6.45, 7) is 5.02. The van der Waals surface area contributed by atoms with Crippen molar-refractivity contribution >= 4 is 30.0 Å². The summed E-state index contributed by atoms with van der Waals surface area (Å²) < 4.78 is 54.9. The average Bonchev–Trinajstić information content (AvgIpc) is 2.62. The van der Waals surface area contributed by atoms with Gasteiger partial charge >= 0.3 is 10.3 Å². The molecule has 154 valence electrons. The van der Waals surface area contributed by atoms with Crippen molar-refractivity contribution in [1.29, 1.82) is 0 Å². The highest BCUT2D eigenvalue weighted by Gasteiger charge is 2.47. The maximum absolute atomic E-state index is 12.8. The molecule has 1 fully saturated rings. The number of carbonyl (C=O) groups excluding carboxylic acids is 1. The van der Waals surface area contributed by atoms with Gasteiger partial charge in [0.15, 0.2) is 0 Å². The largest absolute Gasteiger partial charge is 0.499 e. The van der Waals surface area contributed by atoms with Gasteiger partial charge in [0.05, 0.1) is 15.6 Å². The molecule has 1 aliphatic rings. The predicted octanol–water partition coefficient (Wildman–Crippen LogP) is 2.75. The van der Waals surface area contributed by atoms with E-state index in [9.17, 15) is 27.2 Å². The summed E-state index contributed by atoms with van der Waals surface area (Å²) in [6.07, 6.45) is 2.91. The van der Waals surface area contributed by atoms with Crippen LogP contribution in [0.15, 0.2) is 29.2 Å². The lowest BCUT2D eigenvalue weighted by molar-refractivity contribution is -0.143. The van der Waals surface area contributed by atoms with Crippen LogP contribution in [0.5, 0.6) is 5.75 Å². The summed E-state index contributed by atoms with van der Waals surface area (Å²) in [6, 6.07) is 4.72. The maximum atomic E-state index is 12.8. The van der Waals surface area contributed by atoms with Crippen LogP contribution in [0.25, 0.3) is 5.53 Å². The van der Waals surface area contributed by atoms with Gasteiger partial charge in [0.25, 0.3) is 19.7 Å². The number of hydrogen-bond acceptors (Lipinski definition) is 6. The highest BCUT2D eigenvalue weighted by atomic mass is 32.3. The zero-order valence-electron chi connectivity index (χ0n) is 16.1. The van der Waals surface area contributed by atoms with E-state index >= 15 is 0 Å². The molecule has 1 aromatic rings. The fourth-order valence-corrected chi connectivity index (χ4v) is 6.91. The SMILES string of the molecule is CC(C)(C)C(=O)Oc1ccc(S(=O)(=O)C(=[N+]=[N-])S(=O)(=O)C2CCCCC2)cc1. The Kier molecular flexibility index (Phi) is 6.48. The summed E-state index contributed by atoms with van der Waals surface area (Å²) in [4.78, 5) is 14.2. The first kappa shape index (κ1) is 22.3. The Morgan fingerprint density at radius 1 is 1.04 bits per heavy atom. The zero-order valence-corrected chi connectivity index (χ0v) is 17.7. The summed E-state index contributed by atoms with van der Waals surface area (Å²) in [5, 5.41) is -0.881. The lowest BCUT2D eigenvalue weighted by Crippen LogP contribution is -2.35. The van der Waals surface area contributed by atoms with Crippen molar-refractivity contribution in [2.45, 2.75) is 63.0 Å². The molecular formula is C18H24N2O6S2. The Bertz CT molecular complexity index is 993. The van der Waals surface area contributed by atoms with E-state index in [-0.39, 0.29) is 10.6 Å². The van der Waals surface area contributed by atoms with Gasteiger partial charge in [0.2, 0.25) is 0 Å². The van der Waals surface area contributed by atoms with Gasteiger partial charge in [-0.2, -0.15) is 0 Å². The van der Waals surface area contributed by atoms with Crippen molar-refractivity contribution in [3.05, 3.63) is 29.8 Å². The molecule has 2 rings (SSSR count). The highest BCUT2D eigenvalue weighted by Crippen LogP contribution is 2.28. The number of rotatable bonds is 3. The number of hydrogen-bond donors (Lipinski definition) is 0. The monoisotopic (exact) mass is 428 g/mol. The molecule has 0 saturated heterocycles. The van der Waals surface area contributed by atoms with E-state index < -0.39 is 40.7 Å². The third-order valence-electron chi connectivity index (χ3n) is 4.50. The number of esters is 1. The molecule has 1 saturated carbocycles. The van der Waals surface area contributed by atoms with Crippen LogP contribution in [-0.2, 0) is 24.5 Å². The van der Waals surface area contributed by atoms with Gasteiger partial charge in [-0.25, -0.2) is 16.8 Å². The van der Waals surface area contributed by atoms with Gasteiger partial charge in [-0.1, -0.05) is 19.3 Å². The summed E-state index contributed by atoms with van der Waals surface area (Å²) >= 11 is 0. The van der Waals surface area contributed by atoms with Gasteiger partial charge in [-0.15, -0.1) is 4.79 Å². The molecule has 10 heteroatoms. The van der Waals surface area contributed by atoms with Crippen molar-refractivity contribution in [1.82, 2.24) is 0 Å². The Morgan fingerprint density at radius 3 is 2.04 bits per heavy atom. The predicted molar refractivity (Wildman–Crippen MR) is 103 cm³/mol. The fraction of sp³-hybridized carbons (Fsp3) is 0.556. The van der Waals surface area contributed by atoms with E-state index in [0.29, 0.717) is 25.7 Å². The molecule has 0 spiro atoms. The molecule has 28 heavy (non-hydrogen) atoms. The van der Waals surface area contributed by atoms with E-state index in [1.165, 1.54) is 12.1 Å². The first-order valence-corrected chi connectivity index (χ1v) is 12.0. The quantitative estimate of drug-likeness (QED) is 0.182. The van der Waals surface area contributed by atoms with Gasteiger partial charge in [-0.05, 0) is 57.9 Å². The third-order valence-corrected chi connectivity index (χ3v) is 9.21. The molecule has 0 radical (unpaired) electrons. The molecule has 0 unspecified atom stereocenters. The molecule has 1 aliphatic carbocycles. The minimum Gasteiger partial charge on any atom is -0.426 e. The van der Waals surface area contributed by atoms with Crippen molar-refractivity contribution in [2.24, 2.45) is 5.41 Å². The standard InChI is InChI=1S/C18H24N2O6S2/c1-18(2,3)16(21)26-13-9-11-15(12-10-13)28(24,25)17(20-19)27(22,23)14-7-5-4-6-8-14/h9-12,14H,4-8H2,1-3H3. The minimum atomic E-state index is -4.56. The average molecular weight is 429 g/mol. The highest BCUT2D eigenvalue weighted by molar-refractivity contribution is 8.31. The second-order valence-electron chi connectivity index (χ2n) is 7.79. The lowest BCUT2D eigenvalue weighted by Gasteiger charge is -2.19. The van der Waals surface area contributed by atoms with Gasteiger partial charge in [0.1, 0.15) is 5.75 Å². The molecule has 0 N–H and O–H groups in total. The second-order valence-corrected chi connectivity index (χ2v) is 12.1. The molecule has 0 atom stereocenters. The van der Waals surface area contributed by atoms with Crippen molar-refractivity contribution in [3.8, 4) is 5.75 Å². The van der Waals surface area contributed by atoms with Crippen LogP contribution in [0.4, 0.5) is 0 Å². The number of nitrogens with zero attached hydrogens (tertiary/aromatic N) is 2. The van der Waals surface area contributed by atoms with Crippen LogP contribution in [0, 0.1) is 5.41 Å². The second kappa shape index (κ2) is 8.14. The molecular weight excluding hydrogens is 404 g/mol. The van der Waals surface area contributed by atoms with Crippen LogP contribution in [0.3, 0.4) is 0 Å². The Morgan fingerprint density at radius 2 is 1.57 bits per heavy atom. The lowest BCUT2D eigenvalue weighted by atomic mass is 9.97. The Balaban J connectivity index is 2.32. The summed E-state index contributed by atoms with van der Waals surface area (Å²) in [5.41, 5.74) is 8.47. The molecule has 8 nitrogen and oxygen atoms in total. The van der Waals surface area contributed by atoms with E-state index in [1.807, 2.05) is 0 Å². The summed E-state index contributed by atoms with van der Waals surface area (Å²) in [5.74, 6) is -0.378. The minimum absolute atomic E-state index is 0.122. The zero-order chi connectivity index (χ0) is 21.2. The maximum Gasteiger partial charge on any atom is 0.499 e. The third kappa shape index (κ3) is 4.68. The van der Waals surface area contributed by atoms with E-state index in [2.05, 4.69) is 4.79 Å². The van der Waals surface area contributed by atoms with Crippen LogP contribution in [0.2, 0.25) is 0 Å². The number of carbonyl (C=O) groups is 1. The van der Waals surface area contributed by atoms with Gasteiger partial charge < -0.3 is 10.3 Å². The first-order chi connectivity index (χ1) is 12.9. The van der Waals surface area contributed by atoms with Gasteiger partial charge in [0, 0.05) is 0 Å². The topological polar surface area (TPSA) is 131 Å². The fourth-order valence-electron chi connectivity index (χ4n) is 2.83. The van der Waals surface area contributed by atoms with Crippen LogP contribution in [0.1, 0.15) is 52.9 Å². The molecule has 1 aromatic carbocycles. The van der Waals surface area contributed by atoms with Crippen molar-refractivity contribution in [2.75, 3.05) is 0 Å². The molecule has 0 heterocycles. The Hall–Kier alpha value is -2.03. The first-order valence-electron chi connectivity index (χ1n) is 8.94. The normalized spacial score (nSPS) is 16.2. The van der Waals surface area contributed by atoms with E-state index in [4.69, 9.17) is 4.74 Å². The Labute approximate surface area is 165 Å². The molecule has 0 aliphatic heterocycles. The number of ether oxygens (including phenoxy) is 1. The molecule has 0 amide bonds. The van der Waals surface area contributed by atoms with Crippen molar-refractivity contribution in [3.63, 3.8) is 0 Å². The summed E-state index contributed by atoms with van der Waals surface area (Å²) in [7, 11) is -8.86. The van der Waals surface area contributed by atoms with Gasteiger partial charge in [-0.3, -0.25) is 4.79 Å². The molecule has 0 bridgehead atoms. The molecule has 0 aromatic heterocycles.